The topological polar surface area (TPSA) is 29.5 Å². The summed E-state index contributed by atoms with van der Waals surface area (Å²) in [7, 11) is 0. The van der Waals surface area contributed by atoms with Crippen LogP contribution in [0.3, 0.4) is 0 Å². The Labute approximate surface area is 113 Å². The first-order valence-electron chi connectivity index (χ1n) is 5.46. The molecule has 0 spiro atoms. The van der Waals surface area contributed by atoms with Gasteiger partial charge in [0.25, 0.3) is 0 Å². The molecule has 2 aromatic carbocycles. The molecule has 0 saturated heterocycles. The molecule has 0 aliphatic heterocycles. The zero-order valence-corrected chi connectivity index (χ0v) is 11.2. The van der Waals surface area contributed by atoms with E-state index >= 15 is 0 Å². The third-order valence-corrected chi connectivity index (χ3v) is 3.31. The molecule has 0 saturated carbocycles. The Morgan fingerprint density at radius 3 is 2.61 bits per heavy atom. The smallest absolute Gasteiger partial charge is 0.125 e. The second-order valence-electron chi connectivity index (χ2n) is 3.79. The normalized spacial score (nSPS) is 10.4. The quantitative estimate of drug-likeness (QED) is 0.934. The van der Waals surface area contributed by atoms with Crippen LogP contribution in [0.4, 0.5) is 4.39 Å². The van der Waals surface area contributed by atoms with E-state index in [0.29, 0.717) is 17.9 Å². The van der Waals surface area contributed by atoms with Gasteiger partial charge in [0, 0.05) is 15.6 Å². The summed E-state index contributed by atoms with van der Waals surface area (Å²) in [6.07, 6.45) is 0. The summed E-state index contributed by atoms with van der Waals surface area (Å²) in [6.45, 7) is 0.114. The van der Waals surface area contributed by atoms with Gasteiger partial charge in [0.1, 0.15) is 18.2 Å². The van der Waals surface area contributed by atoms with E-state index in [1.165, 1.54) is 18.2 Å². The van der Waals surface area contributed by atoms with Crippen LogP contribution in [-0.4, -0.2) is 5.11 Å². The van der Waals surface area contributed by atoms with Crippen LogP contribution in [-0.2, 0) is 13.2 Å². The number of ether oxygens (including phenoxy) is 1. The maximum atomic E-state index is 13.0. The number of hydrogen-bond donors (Lipinski definition) is 1. The maximum Gasteiger partial charge on any atom is 0.125 e. The summed E-state index contributed by atoms with van der Waals surface area (Å²) in [5.74, 6) is 0.113. The van der Waals surface area contributed by atoms with E-state index in [-0.39, 0.29) is 12.4 Å². The summed E-state index contributed by atoms with van der Waals surface area (Å²) in [5, 5.41) is 9.14. The number of aliphatic hydroxyl groups excluding tert-OH is 1. The third kappa shape index (κ3) is 3.09. The molecule has 0 radical (unpaired) electrons. The summed E-state index contributed by atoms with van der Waals surface area (Å²) in [4.78, 5) is 0. The van der Waals surface area contributed by atoms with Gasteiger partial charge in [-0.15, -0.1) is 0 Å². The van der Waals surface area contributed by atoms with Gasteiger partial charge in [-0.3, -0.25) is 0 Å². The minimum atomic E-state index is -0.382. The highest BCUT2D eigenvalue weighted by atomic mass is 79.9. The number of hydrogen-bond acceptors (Lipinski definition) is 2. The first-order valence-corrected chi connectivity index (χ1v) is 6.25. The molecule has 2 nitrogen and oxygen atoms in total. The zero-order chi connectivity index (χ0) is 13.0. The third-order valence-electron chi connectivity index (χ3n) is 2.53. The highest BCUT2D eigenvalue weighted by Crippen LogP contribution is 2.23. The fraction of sp³-hybridized carbons (Fsp3) is 0.143. The molecule has 94 valence electrons. The van der Waals surface area contributed by atoms with Crippen LogP contribution in [0, 0.1) is 5.82 Å². The van der Waals surface area contributed by atoms with Crippen molar-refractivity contribution in [3.8, 4) is 5.75 Å². The van der Waals surface area contributed by atoms with Crippen molar-refractivity contribution in [2.45, 2.75) is 13.2 Å². The summed E-state index contributed by atoms with van der Waals surface area (Å²) >= 11 is 3.43. The van der Waals surface area contributed by atoms with Crippen LogP contribution in [0.2, 0.25) is 0 Å². The van der Waals surface area contributed by atoms with E-state index in [1.54, 1.807) is 0 Å². The molecule has 0 bridgehead atoms. The van der Waals surface area contributed by atoms with E-state index in [2.05, 4.69) is 15.9 Å². The first-order chi connectivity index (χ1) is 8.70. The molecule has 0 atom stereocenters. The van der Waals surface area contributed by atoms with Gasteiger partial charge in [-0.1, -0.05) is 34.1 Å². The lowest BCUT2D eigenvalue weighted by Crippen LogP contribution is -2.00. The zero-order valence-electron chi connectivity index (χ0n) is 9.57. The first kappa shape index (κ1) is 13.1. The van der Waals surface area contributed by atoms with Gasteiger partial charge < -0.3 is 9.84 Å². The van der Waals surface area contributed by atoms with Crippen molar-refractivity contribution in [1.29, 1.82) is 0 Å². The van der Waals surface area contributed by atoms with Crippen molar-refractivity contribution >= 4 is 15.9 Å². The van der Waals surface area contributed by atoms with Gasteiger partial charge in [-0.05, 0) is 24.3 Å². The van der Waals surface area contributed by atoms with E-state index in [1.807, 2.05) is 24.3 Å². The molecule has 0 aromatic heterocycles. The summed E-state index contributed by atoms with van der Waals surface area (Å²) < 4.78 is 19.5. The second kappa shape index (κ2) is 5.98. The van der Waals surface area contributed by atoms with Crippen LogP contribution < -0.4 is 4.74 Å². The second-order valence-corrected chi connectivity index (χ2v) is 4.64. The van der Waals surface area contributed by atoms with Crippen molar-refractivity contribution in [2.75, 3.05) is 0 Å². The molecule has 18 heavy (non-hydrogen) atoms. The molecule has 0 amide bonds. The average Bonchev–Trinajstić information content (AvgIpc) is 2.39. The fourth-order valence-corrected chi connectivity index (χ4v) is 1.98. The predicted molar refractivity (Wildman–Crippen MR) is 70.8 cm³/mol. The molecular weight excluding hydrogens is 299 g/mol. The van der Waals surface area contributed by atoms with Gasteiger partial charge in [-0.2, -0.15) is 0 Å². The molecular formula is C14H12BrFO2. The molecule has 1 N–H and O–H groups in total. The number of aliphatic hydroxyl groups is 1. The largest absolute Gasteiger partial charge is 0.488 e. The van der Waals surface area contributed by atoms with Crippen LogP contribution in [0.25, 0.3) is 0 Å². The lowest BCUT2D eigenvalue weighted by Gasteiger charge is -2.11. The van der Waals surface area contributed by atoms with Crippen LogP contribution in [0.1, 0.15) is 11.1 Å². The molecule has 2 aromatic rings. The molecule has 0 fully saturated rings. The Bertz CT molecular complexity index is 543. The Morgan fingerprint density at radius 1 is 1.11 bits per heavy atom. The summed E-state index contributed by atoms with van der Waals surface area (Å²) in [5.41, 5.74) is 1.44. The van der Waals surface area contributed by atoms with Crippen LogP contribution in [0.5, 0.6) is 5.75 Å². The minimum Gasteiger partial charge on any atom is -0.488 e. The predicted octanol–water partition coefficient (Wildman–Crippen LogP) is 3.66. The van der Waals surface area contributed by atoms with Gasteiger partial charge in [0.05, 0.1) is 6.61 Å². The number of rotatable bonds is 4. The Morgan fingerprint density at radius 2 is 1.89 bits per heavy atom. The van der Waals surface area contributed by atoms with Gasteiger partial charge in [0.2, 0.25) is 0 Å². The van der Waals surface area contributed by atoms with Gasteiger partial charge in [-0.25, -0.2) is 4.39 Å². The van der Waals surface area contributed by atoms with Crippen molar-refractivity contribution in [3.05, 3.63) is 63.9 Å². The Kier molecular flexibility index (Phi) is 4.33. The highest BCUT2D eigenvalue weighted by Gasteiger charge is 2.06. The highest BCUT2D eigenvalue weighted by molar-refractivity contribution is 9.10. The fourth-order valence-electron chi connectivity index (χ4n) is 1.58. The lowest BCUT2D eigenvalue weighted by atomic mass is 10.2. The Hall–Kier alpha value is -1.39. The summed E-state index contributed by atoms with van der Waals surface area (Å²) in [6, 6.07) is 11.8. The standard InChI is InChI=1S/C14H12BrFO2/c15-13-4-2-1-3-10(13)9-18-14-6-5-12(16)7-11(14)8-17/h1-7,17H,8-9H2. The van der Waals surface area contributed by atoms with Crippen LogP contribution >= 0.6 is 15.9 Å². The van der Waals surface area contributed by atoms with E-state index < -0.39 is 0 Å². The van der Waals surface area contributed by atoms with Crippen molar-refractivity contribution in [3.63, 3.8) is 0 Å². The molecule has 2 rings (SSSR count). The maximum absolute atomic E-state index is 13.0. The molecule has 0 aliphatic carbocycles. The lowest BCUT2D eigenvalue weighted by molar-refractivity contribution is 0.258. The molecule has 0 heterocycles. The molecule has 0 unspecified atom stereocenters. The van der Waals surface area contributed by atoms with Crippen molar-refractivity contribution < 1.29 is 14.2 Å². The van der Waals surface area contributed by atoms with E-state index in [4.69, 9.17) is 9.84 Å². The van der Waals surface area contributed by atoms with E-state index in [9.17, 15) is 4.39 Å². The van der Waals surface area contributed by atoms with E-state index in [0.717, 1.165) is 10.0 Å². The van der Waals surface area contributed by atoms with Gasteiger partial charge in [0.15, 0.2) is 0 Å². The SMILES string of the molecule is OCc1cc(F)ccc1OCc1ccccc1Br. The van der Waals surface area contributed by atoms with Crippen molar-refractivity contribution in [2.24, 2.45) is 0 Å². The number of benzene rings is 2. The average molecular weight is 311 g/mol. The van der Waals surface area contributed by atoms with Gasteiger partial charge >= 0.3 is 0 Å². The number of halogens is 2. The molecule has 0 aliphatic rings. The Balaban J connectivity index is 2.13. The molecule has 4 heteroatoms. The minimum absolute atomic E-state index is 0.247. The monoisotopic (exact) mass is 310 g/mol. The van der Waals surface area contributed by atoms with Crippen LogP contribution in [0.15, 0.2) is 46.9 Å². The van der Waals surface area contributed by atoms with Crippen molar-refractivity contribution in [1.82, 2.24) is 0 Å².